The van der Waals surface area contributed by atoms with Crippen LogP contribution in [0.1, 0.15) is 53.9 Å². The van der Waals surface area contributed by atoms with E-state index in [2.05, 4.69) is 25.3 Å². The van der Waals surface area contributed by atoms with Crippen LogP contribution in [0.2, 0.25) is 0 Å². The lowest BCUT2D eigenvalue weighted by atomic mass is 10.00. The Morgan fingerprint density at radius 1 is 1.27 bits per heavy atom. The molecular formula is C18H25NO3. The molecule has 2 rings (SSSR count). The van der Waals surface area contributed by atoms with Gasteiger partial charge in [-0.1, -0.05) is 20.3 Å². The van der Waals surface area contributed by atoms with Crippen molar-refractivity contribution in [3.63, 3.8) is 0 Å². The Hall–Kier alpha value is -1.81. The molecule has 4 nitrogen and oxygen atoms in total. The second kappa shape index (κ2) is 6.97. The van der Waals surface area contributed by atoms with Crippen molar-refractivity contribution in [2.75, 3.05) is 6.61 Å². The molecule has 0 aliphatic rings. The van der Waals surface area contributed by atoms with Gasteiger partial charge in [-0.25, -0.2) is 4.79 Å². The number of aliphatic hydroxyl groups excluding tert-OH is 1. The molecule has 0 fully saturated rings. The highest BCUT2D eigenvalue weighted by Crippen LogP contribution is 2.31. The smallest absolute Gasteiger partial charge is 0.335 e. The highest BCUT2D eigenvalue weighted by atomic mass is 16.4. The van der Waals surface area contributed by atoms with Gasteiger partial charge in [0, 0.05) is 24.2 Å². The second-order valence-electron chi connectivity index (χ2n) is 5.73. The Bertz CT molecular complexity index is 685. The number of aromatic carboxylic acids is 1. The Morgan fingerprint density at radius 2 is 2.00 bits per heavy atom. The predicted octanol–water partition coefficient (Wildman–Crippen LogP) is 3.55. The number of carbonyl (C=O) groups is 1. The summed E-state index contributed by atoms with van der Waals surface area (Å²) in [5, 5.41) is 19.6. The zero-order valence-electron chi connectivity index (χ0n) is 13.6. The van der Waals surface area contributed by atoms with Crippen molar-refractivity contribution in [3.8, 4) is 0 Å². The number of aliphatic hydroxyl groups is 1. The Kier molecular flexibility index (Phi) is 5.24. The van der Waals surface area contributed by atoms with Crippen LogP contribution in [0.15, 0.2) is 12.1 Å². The van der Waals surface area contributed by atoms with Gasteiger partial charge in [0.05, 0.1) is 11.1 Å². The van der Waals surface area contributed by atoms with Crippen molar-refractivity contribution in [3.05, 3.63) is 34.5 Å². The average Bonchev–Trinajstić information content (AvgIpc) is 2.77. The number of hydrogen-bond acceptors (Lipinski definition) is 2. The van der Waals surface area contributed by atoms with Gasteiger partial charge in [-0.15, -0.1) is 0 Å². The molecule has 0 saturated heterocycles. The van der Waals surface area contributed by atoms with Gasteiger partial charge < -0.3 is 14.8 Å². The molecule has 2 N–H and O–H groups in total. The topological polar surface area (TPSA) is 62.5 Å². The van der Waals surface area contributed by atoms with Crippen molar-refractivity contribution in [1.82, 2.24) is 4.57 Å². The van der Waals surface area contributed by atoms with Crippen LogP contribution in [0.4, 0.5) is 0 Å². The summed E-state index contributed by atoms with van der Waals surface area (Å²) in [6.45, 7) is 7.22. The van der Waals surface area contributed by atoms with E-state index >= 15 is 0 Å². The van der Waals surface area contributed by atoms with Crippen molar-refractivity contribution in [2.24, 2.45) is 0 Å². The second-order valence-corrected chi connectivity index (χ2v) is 5.73. The maximum absolute atomic E-state index is 11.4. The van der Waals surface area contributed by atoms with E-state index in [4.69, 9.17) is 5.11 Å². The summed E-state index contributed by atoms with van der Waals surface area (Å²) in [7, 11) is 0. The van der Waals surface area contributed by atoms with Crippen molar-refractivity contribution >= 4 is 16.9 Å². The van der Waals surface area contributed by atoms with Gasteiger partial charge in [-0.3, -0.25) is 0 Å². The molecule has 4 heteroatoms. The maximum Gasteiger partial charge on any atom is 0.335 e. The first-order valence-corrected chi connectivity index (χ1v) is 8.03. The molecule has 22 heavy (non-hydrogen) atoms. The zero-order valence-corrected chi connectivity index (χ0v) is 13.6. The fourth-order valence-corrected chi connectivity index (χ4v) is 3.24. The number of benzene rings is 1. The zero-order chi connectivity index (χ0) is 16.3. The average molecular weight is 303 g/mol. The number of hydrogen-bond donors (Lipinski definition) is 2. The van der Waals surface area contributed by atoms with Gasteiger partial charge >= 0.3 is 5.97 Å². The normalized spacial score (nSPS) is 11.3. The van der Waals surface area contributed by atoms with Crippen LogP contribution in [0, 0.1) is 6.92 Å². The molecule has 0 atom stereocenters. The van der Waals surface area contributed by atoms with E-state index in [9.17, 15) is 9.90 Å². The molecule has 0 spiro atoms. The van der Waals surface area contributed by atoms with Gasteiger partial charge in [0.1, 0.15) is 0 Å². The fourth-order valence-electron chi connectivity index (χ4n) is 3.24. The lowest BCUT2D eigenvalue weighted by molar-refractivity contribution is 0.0697. The minimum Gasteiger partial charge on any atom is -0.478 e. The van der Waals surface area contributed by atoms with Gasteiger partial charge in [-0.05, 0) is 49.4 Å². The van der Waals surface area contributed by atoms with Crippen LogP contribution in [-0.2, 0) is 19.4 Å². The Labute approximate surface area is 131 Å². The summed E-state index contributed by atoms with van der Waals surface area (Å²) in [4.78, 5) is 11.4. The molecule has 0 amide bonds. The highest BCUT2D eigenvalue weighted by Gasteiger charge is 2.18. The molecular weight excluding hydrogens is 278 g/mol. The van der Waals surface area contributed by atoms with Gasteiger partial charge in [-0.2, -0.15) is 0 Å². The third kappa shape index (κ3) is 2.88. The van der Waals surface area contributed by atoms with E-state index in [0.717, 1.165) is 42.3 Å². The molecule has 120 valence electrons. The Balaban J connectivity index is 2.78. The summed E-state index contributed by atoms with van der Waals surface area (Å²) >= 11 is 0. The van der Waals surface area contributed by atoms with Crippen LogP contribution in [0.5, 0.6) is 0 Å². The number of rotatable bonds is 7. The first-order valence-electron chi connectivity index (χ1n) is 8.03. The standard InChI is InChI=1S/C18H25NO3/c1-4-7-15-12(3)19(8-6-9-20)17-13(5-2)10-14(18(21)22)11-16(15)17/h10-11,20H,4-9H2,1-3H3,(H,21,22). The van der Waals surface area contributed by atoms with E-state index in [1.54, 1.807) is 6.07 Å². The lowest BCUT2D eigenvalue weighted by Gasteiger charge is -2.11. The van der Waals surface area contributed by atoms with Crippen LogP contribution >= 0.6 is 0 Å². The summed E-state index contributed by atoms with van der Waals surface area (Å²) in [6, 6.07) is 3.60. The van der Waals surface area contributed by atoms with E-state index in [1.807, 2.05) is 6.07 Å². The molecule has 1 heterocycles. The molecule has 0 radical (unpaired) electrons. The monoisotopic (exact) mass is 303 g/mol. The predicted molar refractivity (Wildman–Crippen MR) is 88.7 cm³/mol. The van der Waals surface area contributed by atoms with Crippen molar-refractivity contribution in [2.45, 2.75) is 53.0 Å². The molecule has 0 saturated carbocycles. The van der Waals surface area contributed by atoms with Crippen LogP contribution in [0.25, 0.3) is 10.9 Å². The fraction of sp³-hybridized carbons (Fsp3) is 0.500. The molecule has 0 aliphatic heterocycles. The highest BCUT2D eigenvalue weighted by molar-refractivity contribution is 5.97. The quantitative estimate of drug-likeness (QED) is 0.822. The molecule has 2 aromatic rings. The molecule has 1 aromatic carbocycles. The van der Waals surface area contributed by atoms with Crippen LogP contribution in [0.3, 0.4) is 0 Å². The minimum atomic E-state index is -0.875. The number of fused-ring (bicyclic) bond motifs is 1. The minimum absolute atomic E-state index is 0.164. The summed E-state index contributed by atoms with van der Waals surface area (Å²) in [5.41, 5.74) is 5.01. The largest absolute Gasteiger partial charge is 0.478 e. The number of aromatic nitrogens is 1. The summed E-state index contributed by atoms with van der Waals surface area (Å²) in [6.07, 6.45) is 3.48. The van der Waals surface area contributed by atoms with E-state index < -0.39 is 5.97 Å². The van der Waals surface area contributed by atoms with Gasteiger partial charge in [0.2, 0.25) is 0 Å². The van der Waals surface area contributed by atoms with Crippen LogP contribution < -0.4 is 0 Å². The molecule has 1 aromatic heterocycles. The number of aryl methyl sites for hydroxylation is 3. The van der Waals surface area contributed by atoms with E-state index in [0.29, 0.717) is 12.0 Å². The number of carboxylic acid groups (broad SMARTS) is 1. The van der Waals surface area contributed by atoms with Crippen molar-refractivity contribution in [1.29, 1.82) is 0 Å². The third-order valence-corrected chi connectivity index (χ3v) is 4.29. The molecule has 0 unspecified atom stereocenters. The number of nitrogens with zero attached hydrogens (tertiary/aromatic N) is 1. The lowest BCUT2D eigenvalue weighted by Crippen LogP contribution is -2.05. The third-order valence-electron chi connectivity index (χ3n) is 4.29. The molecule has 0 bridgehead atoms. The first kappa shape index (κ1) is 16.6. The molecule has 0 aliphatic carbocycles. The summed E-state index contributed by atoms with van der Waals surface area (Å²) < 4.78 is 2.25. The first-order chi connectivity index (χ1) is 10.5. The van der Waals surface area contributed by atoms with Gasteiger partial charge in [0.25, 0.3) is 0 Å². The summed E-state index contributed by atoms with van der Waals surface area (Å²) in [5.74, 6) is -0.875. The van der Waals surface area contributed by atoms with Crippen molar-refractivity contribution < 1.29 is 15.0 Å². The van der Waals surface area contributed by atoms with E-state index in [-0.39, 0.29) is 6.61 Å². The van der Waals surface area contributed by atoms with Gasteiger partial charge in [0.15, 0.2) is 0 Å². The Morgan fingerprint density at radius 3 is 2.55 bits per heavy atom. The van der Waals surface area contributed by atoms with E-state index in [1.165, 1.54) is 11.3 Å². The number of carboxylic acids is 1. The SMILES string of the molecule is CCCc1c(C)n(CCCO)c2c(CC)cc(C(=O)O)cc12. The maximum atomic E-state index is 11.4. The van der Waals surface area contributed by atoms with Crippen LogP contribution in [-0.4, -0.2) is 27.4 Å².